The zero-order valence-electron chi connectivity index (χ0n) is 9.98. The first kappa shape index (κ1) is 13.8. The Morgan fingerprint density at radius 3 is 2.63 bits per heavy atom. The largest absolute Gasteiger partial charge is 0.475 e. The molecule has 6 heteroatoms. The van der Waals surface area contributed by atoms with E-state index >= 15 is 0 Å². The molecule has 0 saturated carbocycles. The lowest BCUT2D eigenvalue weighted by atomic mass is 10.1. The molecule has 2 aromatic rings. The van der Waals surface area contributed by atoms with Crippen molar-refractivity contribution in [2.75, 3.05) is 5.32 Å². The number of anilines is 1. The molecule has 19 heavy (non-hydrogen) atoms. The second kappa shape index (κ2) is 5.55. The summed E-state index contributed by atoms with van der Waals surface area (Å²) in [5.41, 5.74) is 0.847. The van der Waals surface area contributed by atoms with Gasteiger partial charge in [-0.3, -0.25) is 0 Å². The summed E-state index contributed by atoms with van der Waals surface area (Å²) in [6.45, 7) is 1.89. The minimum atomic E-state index is -1.11. The summed E-state index contributed by atoms with van der Waals surface area (Å²) in [5.74, 6) is -0.849. The highest BCUT2D eigenvalue weighted by molar-refractivity contribution is 6.35. The number of hydrogen-bond donors (Lipinski definition) is 2. The molecule has 1 aromatic carbocycles. The fraction of sp³-hybridized carbons (Fsp3) is 0.154. The van der Waals surface area contributed by atoms with Gasteiger partial charge in [-0.05, 0) is 30.7 Å². The Balaban J connectivity index is 2.15. The van der Waals surface area contributed by atoms with Crippen molar-refractivity contribution in [3.63, 3.8) is 0 Å². The van der Waals surface area contributed by atoms with Gasteiger partial charge < -0.3 is 14.8 Å². The van der Waals surface area contributed by atoms with Gasteiger partial charge in [-0.1, -0.05) is 29.3 Å². The number of halogens is 2. The van der Waals surface area contributed by atoms with Crippen molar-refractivity contribution in [3.05, 3.63) is 51.7 Å². The van der Waals surface area contributed by atoms with Gasteiger partial charge in [0.1, 0.15) is 0 Å². The van der Waals surface area contributed by atoms with Gasteiger partial charge >= 0.3 is 5.97 Å². The topological polar surface area (TPSA) is 62.5 Å². The quantitative estimate of drug-likeness (QED) is 0.875. The number of carbonyl (C=O) groups is 1. The van der Waals surface area contributed by atoms with Crippen LogP contribution in [0.25, 0.3) is 0 Å². The lowest BCUT2D eigenvalue weighted by Crippen LogP contribution is -2.06. The van der Waals surface area contributed by atoms with Crippen molar-refractivity contribution in [2.24, 2.45) is 0 Å². The highest BCUT2D eigenvalue weighted by atomic mass is 35.5. The van der Waals surface area contributed by atoms with E-state index in [-0.39, 0.29) is 11.8 Å². The molecule has 100 valence electrons. The van der Waals surface area contributed by atoms with Crippen molar-refractivity contribution in [2.45, 2.75) is 13.0 Å². The van der Waals surface area contributed by atoms with Crippen LogP contribution in [0.5, 0.6) is 0 Å². The summed E-state index contributed by atoms with van der Waals surface area (Å²) < 4.78 is 5.12. The van der Waals surface area contributed by atoms with E-state index in [0.29, 0.717) is 15.9 Å². The summed E-state index contributed by atoms with van der Waals surface area (Å²) in [6, 6.07) is 8.01. The SMILES string of the molecule is CC(Nc1ccc(C(=O)O)o1)c1ccc(Cl)cc1Cl. The molecular formula is C13H11Cl2NO3. The summed E-state index contributed by atoms with van der Waals surface area (Å²) in [7, 11) is 0. The average Bonchev–Trinajstić information content (AvgIpc) is 2.77. The molecule has 2 N–H and O–H groups in total. The molecule has 1 heterocycles. The second-order valence-electron chi connectivity index (χ2n) is 4.00. The maximum atomic E-state index is 10.7. The Bertz CT molecular complexity index is 610. The number of nitrogens with one attached hydrogen (secondary N) is 1. The van der Waals surface area contributed by atoms with Crippen LogP contribution >= 0.6 is 23.2 Å². The average molecular weight is 300 g/mol. The van der Waals surface area contributed by atoms with Crippen molar-refractivity contribution < 1.29 is 14.3 Å². The molecular weight excluding hydrogens is 289 g/mol. The van der Waals surface area contributed by atoms with Crippen molar-refractivity contribution in [1.29, 1.82) is 0 Å². The monoisotopic (exact) mass is 299 g/mol. The highest BCUT2D eigenvalue weighted by Crippen LogP contribution is 2.28. The minimum Gasteiger partial charge on any atom is -0.475 e. The fourth-order valence-corrected chi connectivity index (χ4v) is 2.25. The molecule has 0 aliphatic rings. The van der Waals surface area contributed by atoms with Gasteiger partial charge in [0.15, 0.2) is 5.88 Å². The van der Waals surface area contributed by atoms with Crippen LogP contribution in [-0.2, 0) is 0 Å². The number of benzene rings is 1. The maximum Gasteiger partial charge on any atom is 0.371 e. The van der Waals surface area contributed by atoms with Crippen LogP contribution in [0.15, 0.2) is 34.7 Å². The van der Waals surface area contributed by atoms with E-state index in [9.17, 15) is 4.79 Å². The lowest BCUT2D eigenvalue weighted by molar-refractivity contribution is 0.0663. The van der Waals surface area contributed by atoms with Gasteiger partial charge in [-0.2, -0.15) is 0 Å². The summed E-state index contributed by atoms with van der Waals surface area (Å²) >= 11 is 11.9. The van der Waals surface area contributed by atoms with Crippen LogP contribution < -0.4 is 5.32 Å². The Morgan fingerprint density at radius 2 is 2.05 bits per heavy atom. The Kier molecular flexibility index (Phi) is 4.02. The first-order chi connectivity index (χ1) is 8.97. The van der Waals surface area contributed by atoms with Crippen LogP contribution in [0.4, 0.5) is 5.88 Å². The van der Waals surface area contributed by atoms with E-state index in [1.807, 2.05) is 13.0 Å². The van der Waals surface area contributed by atoms with E-state index < -0.39 is 5.97 Å². The normalized spacial score (nSPS) is 12.2. The molecule has 0 radical (unpaired) electrons. The highest BCUT2D eigenvalue weighted by Gasteiger charge is 2.13. The van der Waals surface area contributed by atoms with Gasteiger partial charge in [0.25, 0.3) is 0 Å². The lowest BCUT2D eigenvalue weighted by Gasteiger charge is -2.15. The van der Waals surface area contributed by atoms with Crippen LogP contribution in [0.1, 0.15) is 29.1 Å². The third kappa shape index (κ3) is 3.22. The Hall–Kier alpha value is -1.65. The Morgan fingerprint density at radius 1 is 1.32 bits per heavy atom. The van der Waals surface area contributed by atoms with Crippen LogP contribution in [-0.4, -0.2) is 11.1 Å². The molecule has 0 fully saturated rings. The third-order valence-electron chi connectivity index (χ3n) is 2.60. The zero-order valence-corrected chi connectivity index (χ0v) is 11.5. The molecule has 0 spiro atoms. The van der Waals surface area contributed by atoms with Gasteiger partial charge in [-0.15, -0.1) is 0 Å². The summed E-state index contributed by atoms with van der Waals surface area (Å²) in [6.07, 6.45) is 0. The van der Waals surface area contributed by atoms with E-state index in [4.69, 9.17) is 32.7 Å². The summed E-state index contributed by atoms with van der Waals surface area (Å²) in [5, 5.41) is 12.9. The first-order valence-corrected chi connectivity index (χ1v) is 6.27. The molecule has 0 amide bonds. The van der Waals surface area contributed by atoms with Crippen LogP contribution in [0, 0.1) is 0 Å². The number of carboxylic acid groups (broad SMARTS) is 1. The van der Waals surface area contributed by atoms with E-state index in [1.54, 1.807) is 18.2 Å². The molecule has 0 bridgehead atoms. The fourth-order valence-electron chi connectivity index (χ4n) is 1.67. The zero-order chi connectivity index (χ0) is 14.0. The van der Waals surface area contributed by atoms with Crippen molar-refractivity contribution >= 4 is 35.1 Å². The standard InChI is InChI=1S/C13H11Cl2NO3/c1-7(9-3-2-8(14)6-10(9)15)16-12-5-4-11(19-12)13(17)18/h2-7,16H,1H3,(H,17,18). The molecule has 0 aliphatic heterocycles. The van der Waals surface area contributed by atoms with Gasteiger partial charge in [0, 0.05) is 16.1 Å². The predicted octanol–water partition coefficient (Wildman–Crippen LogP) is 4.46. The first-order valence-electron chi connectivity index (χ1n) is 5.52. The van der Waals surface area contributed by atoms with E-state index in [0.717, 1.165) is 5.56 Å². The molecule has 0 saturated heterocycles. The van der Waals surface area contributed by atoms with Crippen LogP contribution in [0.3, 0.4) is 0 Å². The molecule has 1 aromatic heterocycles. The van der Waals surface area contributed by atoms with Crippen molar-refractivity contribution in [3.8, 4) is 0 Å². The van der Waals surface area contributed by atoms with E-state index in [1.165, 1.54) is 6.07 Å². The van der Waals surface area contributed by atoms with Gasteiger partial charge in [0.2, 0.25) is 5.76 Å². The molecule has 1 unspecified atom stereocenters. The van der Waals surface area contributed by atoms with Crippen LogP contribution in [0.2, 0.25) is 10.0 Å². The number of furan rings is 1. The molecule has 1 atom stereocenters. The molecule has 4 nitrogen and oxygen atoms in total. The number of rotatable bonds is 4. The van der Waals surface area contributed by atoms with E-state index in [2.05, 4.69) is 5.32 Å². The minimum absolute atomic E-state index is 0.114. The predicted molar refractivity (Wildman–Crippen MR) is 74.2 cm³/mol. The second-order valence-corrected chi connectivity index (χ2v) is 4.84. The number of carboxylic acids is 1. The number of aromatic carboxylic acids is 1. The summed E-state index contributed by atoms with van der Waals surface area (Å²) in [4.78, 5) is 10.7. The van der Waals surface area contributed by atoms with Gasteiger partial charge in [-0.25, -0.2) is 4.79 Å². The molecule has 2 rings (SSSR count). The molecule has 0 aliphatic carbocycles. The third-order valence-corrected chi connectivity index (χ3v) is 3.17. The maximum absolute atomic E-state index is 10.7. The van der Waals surface area contributed by atoms with Crippen molar-refractivity contribution in [1.82, 2.24) is 0 Å². The Labute approximate surface area is 119 Å². The van der Waals surface area contributed by atoms with Gasteiger partial charge in [0.05, 0.1) is 6.04 Å². The smallest absolute Gasteiger partial charge is 0.371 e. The number of hydrogen-bond acceptors (Lipinski definition) is 3.